The third kappa shape index (κ3) is 2.27. The van der Waals surface area contributed by atoms with Crippen molar-refractivity contribution in [1.29, 1.82) is 0 Å². The minimum Gasteiger partial charge on any atom is -0.508 e. The number of carboxylic acid groups (broad SMARTS) is 1. The second kappa shape index (κ2) is 3.90. The number of phenolic OH excluding ortho intramolecular Hbond substituents is 1. The number of phenols is 1. The summed E-state index contributed by atoms with van der Waals surface area (Å²) < 4.78 is 0. The average Bonchev–Trinajstić information content (AvgIpc) is 2.16. The van der Waals surface area contributed by atoms with Gasteiger partial charge in [-0.25, -0.2) is 0 Å². The third-order valence-corrected chi connectivity index (χ3v) is 2.66. The van der Waals surface area contributed by atoms with E-state index in [1.54, 1.807) is 12.1 Å². The molecule has 0 saturated carbocycles. The van der Waals surface area contributed by atoms with Crippen LogP contribution in [0.15, 0.2) is 18.2 Å². The van der Waals surface area contributed by atoms with Gasteiger partial charge in [-0.2, -0.15) is 0 Å². The van der Waals surface area contributed by atoms with Crippen molar-refractivity contribution in [2.24, 2.45) is 0 Å². The quantitative estimate of drug-likeness (QED) is 0.673. The summed E-state index contributed by atoms with van der Waals surface area (Å²) >= 11 is 0. The molecule has 80 valence electrons. The van der Waals surface area contributed by atoms with Gasteiger partial charge in [0.25, 0.3) is 0 Å². The molecule has 3 N–H and O–H groups in total. The number of hydrogen-bond donors (Lipinski definition) is 3. The molecule has 0 fully saturated rings. The number of benzene rings is 1. The molecule has 0 spiro atoms. The van der Waals surface area contributed by atoms with Gasteiger partial charge in [-0.05, 0) is 29.7 Å². The number of hydrogen-bond acceptors (Lipinski definition) is 3. The molecule has 1 aromatic rings. The molecule has 1 aromatic carbocycles. The van der Waals surface area contributed by atoms with Gasteiger partial charge in [-0.15, -0.1) is 0 Å². The molecule has 1 heterocycles. The van der Waals surface area contributed by atoms with Crippen molar-refractivity contribution in [2.75, 3.05) is 0 Å². The van der Waals surface area contributed by atoms with Crippen LogP contribution in [0.5, 0.6) is 5.75 Å². The lowest BCUT2D eigenvalue weighted by molar-refractivity contribution is -0.137. The van der Waals surface area contributed by atoms with E-state index in [0.29, 0.717) is 13.0 Å². The first-order chi connectivity index (χ1) is 7.15. The molecule has 4 heteroatoms. The van der Waals surface area contributed by atoms with Crippen molar-refractivity contribution in [3.63, 3.8) is 0 Å². The van der Waals surface area contributed by atoms with Crippen LogP contribution < -0.4 is 5.32 Å². The summed E-state index contributed by atoms with van der Waals surface area (Å²) in [5.41, 5.74) is 2.18. The fourth-order valence-corrected chi connectivity index (χ4v) is 1.92. The van der Waals surface area contributed by atoms with Crippen LogP contribution in [0.2, 0.25) is 0 Å². The minimum atomic E-state index is -0.795. The minimum absolute atomic E-state index is 0.0307. The van der Waals surface area contributed by atoms with Gasteiger partial charge in [0.15, 0.2) is 0 Å². The van der Waals surface area contributed by atoms with E-state index in [4.69, 9.17) is 5.11 Å². The average molecular weight is 207 g/mol. The van der Waals surface area contributed by atoms with Gasteiger partial charge in [-0.1, -0.05) is 6.07 Å². The molecule has 1 aliphatic heterocycles. The van der Waals surface area contributed by atoms with E-state index in [-0.39, 0.29) is 18.2 Å². The Bertz CT molecular complexity index is 389. The SMILES string of the molecule is O=C(O)CC1Cc2cc(O)ccc2CN1. The summed E-state index contributed by atoms with van der Waals surface area (Å²) in [7, 11) is 0. The number of carbonyl (C=O) groups is 1. The molecular formula is C11H13NO3. The first kappa shape index (κ1) is 9.98. The molecule has 2 rings (SSSR count). The highest BCUT2D eigenvalue weighted by Gasteiger charge is 2.20. The summed E-state index contributed by atoms with van der Waals surface area (Å²) in [6.45, 7) is 0.674. The van der Waals surface area contributed by atoms with Crippen LogP contribution in [0.4, 0.5) is 0 Å². The van der Waals surface area contributed by atoms with E-state index in [1.807, 2.05) is 6.07 Å². The molecule has 0 bridgehead atoms. The van der Waals surface area contributed by atoms with Gasteiger partial charge in [0.2, 0.25) is 0 Å². The van der Waals surface area contributed by atoms with E-state index in [9.17, 15) is 9.90 Å². The predicted molar refractivity (Wildman–Crippen MR) is 54.7 cm³/mol. The summed E-state index contributed by atoms with van der Waals surface area (Å²) in [6, 6.07) is 5.20. The molecule has 0 aliphatic carbocycles. The summed E-state index contributed by atoms with van der Waals surface area (Å²) in [6.07, 6.45) is 0.783. The topological polar surface area (TPSA) is 69.6 Å². The maximum Gasteiger partial charge on any atom is 0.304 e. The second-order valence-electron chi connectivity index (χ2n) is 3.83. The Balaban J connectivity index is 2.14. The van der Waals surface area contributed by atoms with Gasteiger partial charge in [0, 0.05) is 12.6 Å². The van der Waals surface area contributed by atoms with Gasteiger partial charge < -0.3 is 15.5 Å². The Kier molecular flexibility index (Phi) is 2.60. The van der Waals surface area contributed by atoms with Crippen molar-refractivity contribution in [3.8, 4) is 5.75 Å². The Labute approximate surface area is 87.6 Å². The molecule has 0 aromatic heterocycles. The van der Waals surface area contributed by atoms with Crippen LogP contribution in [0.25, 0.3) is 0 Å². The monoisotopic (exact) mass is 207 g/mol. The number of aromatic hydroxyl groups is 1. The molecule has 4 nitrogen and oxygen atoms in total. The molecule has 0 saturated heterocycles. The van der Waals surface area contributed by atoms with Gasteiger partial charge in [-0.3, -0.25) is 4.79 Å². The lowest BCUT2D eigenvalue weighted by Crippen LogP contribution is -2.37. The molecule has 15 heavy (non-hydrogen) atoms. The Morgan fingerprint density at radius 1 is 1.47 bits per heavy atom. The van der Waals surface area contributed by atoms with Gasteiger partial charge in [0.05, 0.1) is 6.42 Å². The maximum absolute atomic E-state index is 10.6. The molecule has 1 unspecified atom stereocenters. The van der Waals surface area contributed by atoms with Crippen LogP contribution in [0.1, 0.15) is 17.5 Å². The fourth-order valence-electron chi connectivity index (χ4n) is 1.92. The van der Waals surface area contributed by atoms with Crippen LogP contribution in [-0.4, -0.2) is 22.2 Å². The Hall–Kier alpha value is -1.55. The Morgan fingerprint density at radius 2 is 2.27 bits per heavy atom. The summed E-state index contributed by atoms with van der Waals surface area (Å²) in [5, 5.41) is 21.2. The zero-order chi connectivity index (χ0) is 10.8. The van der Waals surface area contributed by atoms with Crippen molar-refractivity contribution in [3.05, 3.63) is 29.3 Å². The first-order valence-electron chi connectivity index (χ1n) is 4.91. The highest BCUT2D eigenvalue weighted by Crippen LogP contribution is 2.22. The van der Waals surface area contributed by atoms with Gasteiger partial charge >= 0.3 is 5.97 Å². The molecule has 1 atom stereocenters. The molecule has 0 amide bonds. The van der Waals surface area contributed by atoms with Crippen molar-refractivity contribution in [2.45, 2.75) is 25.4 Å². The predicted octanol–water partition coefficient (Wildman–Crippen LogP) is 0.881. The van der Waals surface area contributed by atoms with Crippen molar-refractivity contribution < 1.29 is 15.0 Å². The molecule has 1 aliphatic rings. The number of aliphatic carboxylic acids is 1. The van der Waals surface area contributed by atoms with E-state index in [0.717, 1.165) is 11.1 Å². The van der Waals surface area contributed by atoms with E-state index < -0.39 is 5.97 Å². The second-order valence-corrected chi connectivity index (χ2v) is 3.83. The number of fused-ring (bicyclic) bond motifs is 1. The van der Waals surface area contributed by atoms with Crippen LogP contribution >= 0.6 is 0 Å². The number of carboxylic acids is 1. The van der Waals surface area contributed by atoms with Gasteiger partial charge in [0.1, 0.15) is 5.75 Å². The summed E-state index contributed by atoms with van der Waals surface area (Å²) in [5.74, 6) is -0.555. The lowest BCUT2D eigenvalue weighted by atomic mass is 9.94. The van der Waals surface area contributed by atoms with E-state index in [1.165, 1.54) is 0 Å². The number of rotatable bonds is 2. The smallest absolute Gasteiger partial charge is 0.304 e. The highest BCUT2D eigenvalue weighted by molar-refractivity contribution is 5.67. The van der Waals surface area contributed by atoms with Crippen LogP contribution in [0, 0.1) is 0 Å². The van der Waals surface area contributed by atoms with Crippen LogP contribution in [-0.2, 0) is 17.8 Å². The zero-order valence-electron chi connectivity index (χ0n) is 8.23. The number of nitrogens with one attached hydrogen (secondary N) is 1. The van der Waals surface area contributed by atoms with Crippen LogP contribution in [0.3, 0.4) is 0 Å². The standard InChI is InChI=1S/C11H13NO3/c13-10-2-1-7-6-12-9(5-11(14)15)3-8(7)4-10/h1-2,4,9,12-13H,3,5-6H2,(H,14,15). The molecular weight excluding hydrogens is 194 g/mol. The van der Waals surface area contributed by atoms with E-state index in [2.05, 4.69) is 5.32 Å². The Morgan fingerprint density at radius 3 is 3.00 bits per heavy atom. The third-order valence-electron chi connectivity index (χ3n) is 2.66. The maximum atomic E-state index is 10.6. The summed E-state index contributed by atoms with van der Waals surface area (Å²) in [4.78, 5) is 10.6. The highest BCUT2D eigenvalue weighted by atomic mass is 16.4. The first-order valence-corrected chi connectivity index (χ1v) is 4.91. The molecule has 0 radical (unpaired) electrons. The normalized spacial score (nSPS) is 19.6. The zero-order valence-corrected chi connectivity index (χ0v) is 8.23. The fraction of sp³-hybridized carbons (Fsp3) is 0.364. The largest absolute Gasteiger partial charge is 0.508 e. The lowest BCUT2D eigenvalue weighted by Gasteiger charge is -2.25. The van der Waals surface area contributed by atoms with Crippen molar-refractivity contribution in [1.82, 2.24) is 5.32 Å². The van der Waals surface area contributed by atoms with Crippen molar-refractivity contribution >= 4 is 5.97 Å². The van der Waals surface area contributed by atoms with E-state index >= 15 is 0 Å².